The molecule has 0 N–H and O–H groups in total. The Balaban J connectivity index is 3.87. The summed E-state index contributed by atoms with van der Waals surface area (Å²) in [6.45, 7) is 7.49. The van der Waals surface area contributed by atoms with Gasteiger partial charge in [-0.3, -0.25) is 4.79 Å². The van der Waals surface area contributed by atoms with Gasteiger partial charge in [0.05, 0.1) is 5.92 Å². The van der Waals surface area contributed by atoms with E-state index in [-0.39, 0.29) is 17.5 Å². The summed E-state index contributed by atoms with van der Waals surface area (Å²) in [6, 6.07) is 0. The molecule has 0 saturated carbocycles. The first-order valence-electron chi connectivity index (χ1n) is 4.20. The lowest BCUT2D eigenvalue weighted by atomic mass is 10.1. The molecule has 72 valence electrons. The molecule has 12 heavy (non-hydrogen) atoms. The van der Waals surface area contributed by atoms with Gasteiger partial charge in [-0.1, -0.05) is 6.92 Å². The second kappa shape index (κ2) is 4.75. The van der Waals surface area contributed by atoms with Gasteiger partial charge in [-0.2, -0.15) is 12.6 Å². The number of hydrogen-bond donors (Lipinski definition) is 1. The Morgan fingerprint density at radius 1 is 1.50 bits per heavy atom. The zero-order chi connectivity index (χ0) is 9.78. The predicted octanol–water partition coefficient (Wildman–Crippen LogP) is 2.28. The summed E-state index contributed by atoms with van der Waals surface area (Å²) in [5.74, 6) is 0.554. The fraction of sp³-hybridized carbons (Fsp3) is 0.889. The van der Waals surface area contributed by atoms with Crippen molar-refractivity contribution in [3.63, 3.8) is 0 Å². The maximum absolute atomic E-state index is 11.3. The van der Waals surface area contributed by atoms with Crippen LogP contribution in [0.1, 0.15) is 34.1 Å². The van der Waals surface area contributed by atoms with Crippen molar-refractivity contribution in [1.29, 1.82) is 0 Å². The van der Waals surface area contributed by atoms with Crippen LogP contribution in [0.4, 0.5) is 0 Å². The summed E-state index contributed by atoms with van der Waals surface area (Å²) in [5.41, 5.74) is -0.373. The number of rotatable bonds is 3. The van der Waals surface area contributed by atoms with Crippen molar-refractivity contribution >= 4 is 18.6 Å². The zero-order valence-electron chi connectivity index (χ0n) is 8.26. The summed E-state index contributed by atoms with van der Waals surface area (Å²) in [4.78, 5) is 11.3. The molecule has 0 aliphatic carbocycles. The summed E-state index contributed by atoms with van der Waals surface area (Å²) in [6.07, 6.45) is 0.776. The lowest BCUT2D eigenvalue weighted by Crippen LogP contribution is -2.27. The molecule has 0 spiro atoms. The van der Waals surface area contributed by atoms with Crippen molar-refractivity contribution in [1.82, 2.24) is 0 Å². The molecule has 2 nitrogen and oxygen atoms in total. The largest absolute Gasteiger partial charge is 0.460 e. The van der Waals surface area contributed by atoms with Crippen LogP contribution in [0.25, 0.3) is 0 Å². The van der Waals surface area contributed by atoms with Gasteiger partial charge in [0.2, 0.25) is 0 Å². The topological polar surface area (TPSA) is 26.3 Å². The van der Waals surface area contributed by atoms with Crippen molar-refractivity contribution in [2.45, 2.75) is 39.7 Å². The molecule has 0 aliphatic rings. The van der Waals surface area contributed by atoms with E-state index in [1.165, 1.54) is 0 Å². The molecular weight excluding hydrogens is 172 g/mol. The van der Waals surface area contributed by atoms with Crippen LogP contribution in [0.3, 0.4) is 0 Å². The minimum Gasteiger partial charge on any atom is -0.460 e. The van der Waals surface area contributed by atoms with Gasteiger partial charge < -0.3 is 4.74 Å². The van der Waals surface area contributed by atoms with Crippen LogP contribution < -0.4 is 0 Å². The standard InChI is InChI=1S/C9H18O2S/c1-7(5-6-12)8(10)11-9(2,3)4/h7,12H,5-6H2,1-4H3/t7-/m0/s1. The molecule has 0 aromatic heterocycles. The van der Waals surface area contributed by atoms with Gasteiger partial charge in [-0.25, -0.2) is 0 Å². The second-order valence-electron chi connectivity index (χ2n) is 3.95. The fourth-order valence-corrected chi connectivity index (χ4v) is 1.10. The lowest BCUT2D eigenvalue weighted by molar-refractivity contribution is -0.159. The number of ether oxygens (including phenoxy) is 1. The van der Waals surface area contributed by atoms with Crippen LogP contribution in [0.5, 0.6) is 0 Å². The SMILES string of the molecule is C[C@@H](CCS)C(=O)OC(C)(C)C. The van der Waals surface area contributed by atoms with E-state index in [0.29, 0.717) is 0 Å². The molecular formula is C9H18O2S. The molecule has 0 radical (unpaired) electrons. The first-order valence-corrected chi connectivity index (χ1v) is 4.84. The van der Waals surface area contributed by atoms with Gasteiger partial charge in [0.1, 0.15) is 5.60 Å². The van der Waals surface area contributed by atoms with Crippen molar-refractivity contribution in [3.8, 4) is 0 Å². The van der Waals surface area contributed by atoms with Gasteiger partial charge in [0.25, 0.3) is 0 Å². The molecule has 0 heterocycles. The van der Waals surface area contributed by atoms with Gasteiger partial charge in [-0.05, 0) is 32.9 Å². The van der Waals surface area contributed by atoms with Crippen molar-refractivity contribution in [2.75, 3.05) is 5.75 Å². The number of thiol groups is 1. The summed E-state index contributed by atoms with van der Waals surface area (Å²) < 4.78 is 5.18. The Kier molecular flexibility index (Phi) is 4.68. The van der Waals surface area contributed by atoms with Crippen molar-refractivity contribution < 1.29 is 9.53 Å². The molecule has 0 bridgehead atoms. The molecule has 0 rings (SSSR count). The third-order valence-corrected chi connectivity index (χ3v) is 1.63. The highest BCUT2D eigenvalue weighted by molar-refractivity contribution is 7.80. The number of carbonyl (C=O) groups excluding carboxylic acids is 1. The lowest BCUT2D eigenvalue weighted by Gasteiger charge is -2.21. The van der Waals surface area contributed by atoms with E-state index < -0.39 is 0 Å². The summed E-state index contributed by atoms with van der Waals surface area (Å²) in [7, 11) is 0. The average Bonchev–Trinajstić information content (AvgIpc) is 1.84. The molecule has 1 atom stereocenters. The van der Waals surface area contributed by atoms with E-state index in [0.717, 1.165) is 12.2 Å². The first kappa shape index (κ1) is 11.8. The third kappa shape index (κ3) is 5.47. The molecule has 0 fully saturated rings. The highest BCUT2D eigenvalue weighted by Gasteiger charge is 2.20. The maximum Gasteiger partial charge on any atom is 0.309 e. The second-order valence-corrected chi connectivity index (χ2v) is 4.39. The van der Waals surface area contributed by atoms with Crippen molar-refractivity contribution in [3.05, 3.63) is 0 Å². The molecule has 0 aromatic carbocycles. The molecule has 0 saturated heterocycles. The Hall–Kier alpha value is -0.180. The van der Waals surface area contributed by atoms with E-state index >= 15 is 0 Å². The smallest absolute Gasteiger partial charge is 0.309 e. The molecule has 0 unspecified atom stereocenters. The minimum absolute atomic E-state index is 0.0401. The van der Waals surface area contributed by atoms with Crippen LogP contribution in [0.2, 0.25) is 0 Å². The normalized spacial score (nSPS) is 14.1. The van der Waals surface area contributed by atoms with E-state index in [1.807, 2.05) is 27.7 Å². The Labute approximate surface area is 80.1 Å². The monoisotopic (exact) mass is 190 g/mol. The van der Waals surface area contributed by atoms with E-state index in [2.05, 4.69) is 12.6 Å². The van der Waals surface area contributed by atoms with Gasteiger partial charge in [0.15, 0.2) is 0 Å². The molecule has 0 aromatic rings. The van der Waals surface area contributed by atoms with Crippen LogP contribution in [-0.2, 0) is 9.53 Å². The van der Waals surface area contributed by atoms with E-state index in [9.17, 15) is 4.79 Å². The zero-order valence-corrected chi connectivity index (χ0v) is 9.15. The van der Waals surface area contributed by atoms with Gasteiger partial charge >= 0.3 is 5.97 Å². The van der Waals surface area contributed by atoms with E-state index in [4.69, 9.17) is 4.74 Å². The highest BCUT2D eigenvalue weighted by Crippen LogP contribution is 2.13. The van der Waals surface area contributed by atoms with Crippen LogP contribution in [0.15, 0.2) is 0 Å². The minimum atomic E-state index is -0.373. The van der Waals surface area contributed by atoms with Gasteiger partial charge in [-0.15, -0.1) is 0 Å². The number of hydrogen-bond acceptors (Lipinski definition) is 3. The quantitative estimate of drug-likeness (QED) is 0.546. The fourth-order valence-electron chi connectivity index (χ4n) is 0.714. The Morgan fingerprint density at radius 3 is 2.33 bits per heavy atom. The van der Waals surface area contributed by atoms with Crippen LogP contribution >= 0.6 is 12.6 Å². The molecule has 0 aliphatic heterocycles. The first-order chi connectivity index (χ1) is 5.37. The van der Waals surface area contributed by atoms with Crippen LogP contribution in [-0.4, -0.2) is 17.3 Å². The third-order valence-electron chi connectivity index (χ3n) is 1.37. The molecule has 0 amide bonds. The predicted molar refractivity (Wildman–Crippen MR) is 53.5 cm³/mol. The van der Waals surface area contributed by atoms with Crippen molar-refractivity contribution in [2.24, 2.45) is 5.92 Å². The van der Waals surface area contributed by atoms with Gasteiger partial charge in [0, 0.05) is 0 Å². The Morgan fingerprint density at radius 2 is 2.00 bits per heavy atom. The maximum atomic E-state index is 11.3. The van der Waals surface area contributed by atoms with Crippen LogP contribution in [0, 0.1) is 5.92 Å². The summed E-state index contributed by atoms with van der Waals surface area (Å²) >= 11 is 4.06. The Bertz CT molecular complexity index is 149. The number of carbonyl (C=O) groups is 1. The number of esters is 1. The average molecular weight is 190 g/mol. The molecule has 3 heteroatoms. The van der Waals surface area contributed by atoms with E-state index in [1.54, 1.807) is 0 Å². The summed E-state index contributed by atoms with van der Waals surface area (Å²) in [5, 5.41) is 0. The highest BCUT2D eigenvalue weighted by atomic mass is 32.1.